The molecule has 1 aromatic carbocycles. The maximum Gasteiger partial charge on any atom is 0.573 e. The summed E-state index contributed by atoms with van der Waals surface area (Å²) in [6.07, 6.45) is -2.44. The number of carbonyl (C=O) groups is 3. The van der Waals surface area contributed by atoms with Crippen molar-refractivity contribution in [3.8, 4) is 5.75 Å². The van der Waals surface area contributed by atoms with Gasteiger partial charge in [-0.3, -0.25) is 9.59 Å². The van der Waals surface area contributed by atoms with Gasteiger partial charge >= 0.3 is 12.5 Å². The Morgan fingerprint density at radius 3 is 2.42 bits per heavy atom. The largest absolute Gasteiger partial charge is 0.573 e. The van der Waals surface area contributed by atoms with E-state index in [1.165, 1.54) is 55.3 Å². The van der Waals surface area contributed by atoms with Gasteiger partial charge in [0.15, 0.2) is 6.61 Å². The average Bonchev–Trinajstić information content (AvgIpc) is 2.86. The van der Waals surface area contributed by atoms with Gasteiger partial charge in [0.2, 0.25) is 0 Å². The molecule has 0 saturated heterocycles. The number of alkyl halides is 3. The smallest absolute Gasteiger partial charge is 0.439 e. The Morgan fingerprint density at radius 2 is 1.74 bits per heavy atom. The summed E-state index contributed by atoms with van der Waals surface area (Å²) in [6.45, 7) is -0.470. The first-order chi connectivity index (χ1) is 18.0. The molecule has 0 unspecified atom stereocenters. The fraction of sp³-hybridized carbons (Fsp3) is 0.208. The predicted octanol–water partition coefficient (Wildman–Crippen LogP) is 4.56. The molecule has 200 valence electrons. The Labute approximate surface area is 219 Å². The summed E-state index contributed by atoms with van der Waals surface area (Å²) in [5.41, 5.74) is 1.30. The number of anilines is 2. The molecule has 0 atom stereocenters. The molecule has 38 heavy (non-hydrogen) atoms. The molecule has 0 bridgehead atoms. The van der Waals surface area contributed by atoms with Crippen molar-refractivity contribution in [1.29, 1.82) is 0 Å². The average molecular weight is 550 g/mol. The molecule has 0 radical (unpaired) electrons. The zero-order chi connectivity index (χ0) is 27.7. The van der Waals surface area contributed by atoms with Crippen molar-refractivity contribution in [3.63, 3.8) is 0 Å². The molecule has 2 N–H and O–H groups in total. The number of halogens is 3. The lowest BCUT2D eigenvalue weighted by Gasteiger charge is -2.12. The van der Waals surface area contributed by atoms with Crippen molar-refractivity contribution in [2.45, 2.75) is 17.1 Å². The molecule has 14 heteroatoms. The number of hydrogen-bond donors (Lipinski definition) is 2. The van der Waals surface area contributed by atoms with E-state index in [4.69, 9.17) is 4.74 Å². The van der Waals surface area contributed by atoms with Crippen LogP contribution in [0.15, 0.2) is 66.0 Å². The van der Waals surface area contributed by atoms with Crippen molar-refractivity contribution in [1.82, 2.24) is 14.9 Å². The summed E-state index contributed by atoms with van der Waals surface area (Å²) in [4.78, 5) is 45.8. The summed E-state index contributed by atoms with van der Waals surface area (Å²) < 4.78 is 45.6. The second kappa shape index (κ2) is 12.8. The Kier molecular flexibility index (Phi) is 9.49. The van der Waals surface area contributed by atoms with E-state index in [-0.39, 0.29) is 17.1 Å². The highest BCUT2D eigenvalue weighted by atomic mass is 32.2. The van der Waals surface area contributed by atoms with E-state index in [9.17, 15) is 27.6 Å². The number of thioether (sulfide) groups is 1. The molecule has 0 aliphatic rings. The molecule has 3 rings (SSSR count). The number of amides is 3. The van der Waals surface area contributed by atoms with E-state index in [0.29, 0.717) is 10.8 Å². The first kappa shape index (κ1) is 28.2. The van der Waals surface area contributed by atoms with E-state index in [1.54, 1.807) is 24.3 Å². The number of carbonyl (C=O) groups excluding carboxylic acids is 3. The summed E-state index contributed by atoms with van der Waals surface area (Å²) in [5, 5.41) is 5.58. The SMILES string of the molecule is CN(C)C(=O)OCC(=O)Nc1cc(CSc2ncccc2C(=O)Nc2ccc(OC(F)(F)F)cc2)ccn1. The molecular formula is C24H22F3N5O5S. The van der Waals surface area contributed by atoms with Crippen molar-refractivity contribution < 1.29 is 37.0 Å². The molecule has 3 amide bonds. The second-order valence-corrected chi connectivity index (χ2v) is 8.68. The lowest BCUT2D eigenvalue weighted by Crippen LogP contribution is -2.27. The summed E-state index contributed by atoms with van der Waals surface area (Å²) in [6, 6.07) is 11.3. The minimum atomic E-state index is -4.81. The van der Waals surface area contributed by atoms with Gasteiger partial charge in [0.25, 0.3) is 11.8 Å². The van der Waals surface area contributed by atoms with Gasteiger partial charge in [-0.25, -0.2) is 14.8 Å². The fourth-order valence-electron chi connectivity index (χ4n) is 2.84. The third kappa shape index (κ3) is 8.96. The van der Waals surface area contributed by atoms with E-state index in [1.807, 2.05) is 0 Å². The van der Waals surface area contributed by atoms with E-state index in [0.717, 1.165) is 17.7 Å². The topological polar surface area (TPSA) is 123 Å². The van der Waals surface area contributed by atoms with Crippen molar-refractivity contribution in [2.75, 3.05) is 31.3 Å². The minimum Gasteiger partial charge on any atom is -0.439 e. The van der Waals surface area contributed by atoms with Gasteiger partial charge in [-0.2, -0.15) is 0 Å². The van der Waals surface area contributed by atoms with Crippen LogP contribution in [0, 0.1) is 0 Å². The Balaban J connectivity index is 1.60. The number of rotatable bonds is 9. The number of pyridine rings is 2. The summed E-state index contributed by atoms with van der Waals surface area (Å²) in [7, 11) is 2.99. The first-order valence-electron chi connectivity index (χ1n) is 10.8. The van der Waals surface area contributed by atoms with Crippen LogP contribution in [0.3, 0.4) is 0 Å². The number of ether oxygens (including phenoxy) is 2. The highest BCUT2D eigenvalue weighted by Gasteiger charge is 2.31. The van der Waals surface area contributed by atoms with E-state index in [2.05, 4.69) is 25.3 Å². The molecule has 0 aliphatic carbocycles. The molecule has 3 aromatic rings. The third-order valence-electron chi connectivity index (χ3n) is 4.52. The van der Waals surface area contributed by atoms with Crippen LogP contribution in [0.5, 0.6) is 5.75 Å². The monoisotopic (exact) mass is 549 g/mol. The van der Waals surface area contributed by atoms with Gasteiger partial charge in [-0.05, 0) is 54.1 Å². The van der Waals surface area contributed by atoms with Crippen LogP contribution in [0.25, 0.3) is 0 Å². The Bertz CT molecular complexity index is 1290. The van der Waals surface area contributed by atoms with Gasteiger partial charge in [-0.1, -0.05) is 0 Å². The summed E-state index contributed by atoms with van der Waals surface area (Å²) in [5.74, 6) is -0.831. The van der Waals surface area contributed by atoms with E-state index < -0.39 is 36.6 Å². The van der Waals surface area contributed by atoms with Gasteiger partial charge in [0.1, 0.15) is 16.6 Å². The molecule has 0 aliphatic heterocycles. The first-order valence-corrected chi connectivity index (χ1v) is 11.8. The molecule has 0 fully saturated rings. The number of hydrogen-bond acceptors (Lipinski definition) is 8. The minimum absolute atomic E-state index is 0.255. The van der Waals surface area contributed by atoms with Crippen LogP contribution in [0.2, 0.25) is 0 Å². The van der Waals surface area contributed by atoms with Crippen LogP contribution in [0.4, 0.5) is 29.5 Å². The molecular weight excluding hydrogens is 527 g/mol. The molecule has 10 nitrogen and oxygen atoms in total. The number of aromatic nitrogens is 2. The maximum atomic E-state index is 12.8. The highest BCUT2D eigenvalue weighted by molar-refractivity contribution is 7.98. The zero-order valence-corrected chi connectivity index (χ0v) is 20.9. The van der Waals surface area contributed by atoms with Crippen LogP contribution >= 0.6 is 11.8 Å². The molecule has 0 saturated carbocycles. The summed E-state index contributed by atoms with van der Waals surface area (Å²) >= 11 is 1.26. The number of nitrogens with one attached hydrogen (secondary N) is 2. The lowest BCUT2D eigenvalue weighted by atomic mass is 10.2. The van der Waals surface area contributed by atoms with Crippen LogP contribution in [-0.2, 0) is 15.3 Å². The normalized spacial score (nSPS) is 10.9. The molecule has 2 aromatic heterocycles. The van der Waals surface area contributed by atoms with Crippen LogP contribution < -0.4 is 15.4 Å². The van der Waals surface area contributed by atoms with Crippen molar-refractivity contribution >= 4 is 41.2 Å². The number of nitrogens with zero attached hydrogens (tertiary/aromatic N) is 3. The Hall–Kier alpha value is -4.33. The Morgan fingerprint density at radius 1 is 1.00 bits per heavy atom. The second-order valence-electron chi connectivity index (χ2n) is 7.72. The standard InChI is InChI=1S/C24H22F3N5O5S/c1-32(2)23(35)36-13-20(33)31-19-12-15(9-11-28-19)14-38-22-18(4-3-10-29-22)21(34)30-16-5-7-17(8-6-16)37-24(25,26)27/h3-12H,13-14H2,1-2H3,(H,30,34)(H,28,31,33). The lowest BCUT2D eigenvalue weighted by molar-refractivity contribution is -0.274. The van der Waals surface area contributed by atoms with Crippen LogP contribution in [0.1, 0.15) is 15.9 Å². The molecule has 2 heterocycles. The predicted molar refractivity (Wildman–Crippen MR) is 133 cm³/mol. The highest BCUT2D eigenvalue weighted by Crippen LogP contribution is 2.27. The third-order valence-corrected chi connectivity index (χ3v) is 5.60. The quantitative estimate of drug-likeness (QED) is 0.373. The van der Waals surface area contributed by atoms with Gasteiger partial charge < -0.3 is 25.0 Å². The zero-order valence-electron chi connectivity index (χ0n) is 20.1. The van der Waals surface area contributed by atoms with Gasteiger partial charge in [0.05, 0.1) is 5.56 Å². The van der Waals surface area contributed by atoms with Gasteiger partial charge in [-0.15, -0.1) is 24.9 Å². The van der Waals surface area contributed by atoms with Crippen molar-refractivity contribution in [3.05, 3.63) is 72.1 Å². The maximum absolute atomic E-state index is 12.8. The van der Waals surface area contributed by atoms with E-state index >= 15 is 0 Å². The van der Waals surface area contributed by atoms with Gasteiger partial charge in [0, 0.05) is 37.9 Å². The number of benzene rings is 1. The fourth-order valence-corrected chi connectivity index (χ4v) is 3.77. The molecule has 0 spiro atoms. The van der Waals surface area contributed by atoms with Crippen LogP contribution in [-0.4, -0.2) is 59.8 Å². The van der Waals surface area contributed by atoms with Crippen molar-refractivity contribution in [2.24, 2.45) is 0 Å².